The molecule has 4 heteroatoms. The monoisotopic (exact) mass is 836 g/mol. The number of allylic oxidation sites excluding steroid dienone is 8. The van der Waals surface area contributed by atoms with Gasteiger partial charge in [0.2, 0.25) is 0 Å². The molecule has 64 heavy (non-hydrogen) atoms. The van der Waals surface area contributed by atoms with Gasteiger partial charge in [0.25, 0.3) is 0 Å². The first-order chi connectivity index (χ1) is 30.9. The molecule has 7 aromatic rings. The molecule has 2 aliphatic rings. The van der Waals surface area contributed by atoms with Crippen LogP contribution in [0.2, 0.25) is 0 Å². The number of hydrogen-bond acceptors (Lipinski definition) is 4. The topological polar surface area (TPSA) is 24.9 Å². The zero-order valence-electron chi connectivity index (χ0n) is 37.9. The van der Waals surface area contributed by atoms with E-state index in [1.165, 1.54) is 33.4 Å². The number of nitrogens with zero attached hydrogens (tertiary/aromatic N) is 2. The number of fused-ring (bicyclic) bond motifs is 6. The van der Waals surface area contributed by atoms with Gasteiger partial charge in [-0.15, -0.1) is 0 Å². The fourth-order valence-corrected chi connectivity index (χ4v) is 9.68. The highest BCUT2D eigenvalue weighted by molar-refractivity contribution is 5.96. The molecule has 0 amide bonds. The van der Waals surface area contributed by atoms with Crippen molar-refractivity contribution in [2.45, 2.75) is 51.4 Å². The third kappa shape index (κ3) is 7.75. The Morgan fingerprint density at radius 1 is 0.500 bits per heavy atom. The Hall–Kier alpha value is -7.30. The van der Waals surface area contributed by atoms with E-state index in [0.717, 1.165) is 80.2 Å². The van der Waals surface area contributed by atoms with Crippen LogP contribution in [0.4, 0.5) is 11.4 Å². The van der Waals surface area contributed by atoms with E-state index in [-0.39, 0.29) is 10.8 Å². The first-order valence-corrected chi connectivity index (χ1v) is 22.2. The van der Waals surface area contributed by atoms with Gasteiger partial charge in [-0.25, -0.2) is 0 Å². The van der Waals surface area contributed by atoms with Crippen molar-refractivity contribution >= 4 is 32.9 Å². The molecular weight excluding hydrogens is 781 g/mol. The highest BCUT2D eigenvalue weighted by Gasteiger charge is 2.33. The Morgan fingerprint density at radius 3 is 1.28 bits per heavy atom. The van der Waals surface area contributed by atoms with Crippen molar-refractivity contribution in [1.82, 2.24) is 0 Å². The molecule has 318 valence electrons. The fourth-order valence-electron chi connectivity index (χ4n) is 9.68. The smallest absolute Gasteiger partial charge is 0.200 e. The average molecular weight is 837 g/mol. The molecule has 9 rings (SSSR count). The van der Waals surface area contributed by atoms with E-state index in [2.05, 4.69) is 221 Å². The van der Waals surface area contributed by atoms with Gasteiger partial charge >= 0.3 is 0 Å². The minimum absolute atomic E-state index is 0.363. The van der Waals surface area contributed by atoms with Crippen LogP contribution < -0.4 is 19.3 Å². The Labute approximate surface area is 379 Å². The average Bonchev–Trinajstić information content (AvgIpc) is 3.81. The van der Waals surface area contributed by atoms with E-state index >= 15 is 0 Å². The van der Waals surface area contributed by atoms with Crippen LogP contribution in [0.25, 0.3) is 21.5 Å². The molecule has 0 saturated heterocycles. The normalized spacial score (nSPS) is 16.6. The quantitative estimate of drug-likeness (QED) is 0.114. The molecular formula is C60H56N2O2. The lowest BCUT2D eigenvalue weighted by atomic mass is 9.69. The third-order valence-electron chi connectivity index (χ3n) is 13.6. The Morgan fingerprint density at radius 2 is 0.875 bits per heavy atom. The number of aryl methyl sites for hydroxylation is 2. The van der Waals surface area contributed by atoms with Crippen LogP contribution in [0, 0.1) is 13.8 Å². The molecule has 0 aromatic heterocycles. The number of hydrogen-bond donors (Lipinski definition) is 0. The first kappa shape index (κ1) is 42.0. The molecule has 0 aliphatic carbocycles. The maximum Gasteiger partial charge on any atom is 0.200 e. The van der Waals surface area contributed by atoms with Crippen LogP contribution in [-0.4, -0.2) is 14.1 Å². The van der Waals surface area contributed by atoms with Crippen molar-refractivity contribution < 1.29 is 9.47 Å². The summed E-state index contributed by atoms with van der Waals surface area (Å²) in [6.07, 6.45) is 14.1. The Kier molecular flexibility index (Phi) is 11.2. The van der Waals surface area contributed by atoms with Gasteiger partial charge in [0.15, 0.2) is 23.3 Å². The van der Waals surface area contributed by atoms with Crippen molar-refractivity contribution in [3.63, 3.8) is 0 Å². The zero-order chi connectivity index (χ0) is 44.6. The van der Waals surface area contributed by atoms with E-state index < -0.39 is 0 Å². The minimum Gasteiger partial charge on any atom is -0.438 e. The summed E-state index contributed by atoms with van der Waals surface area (Å²) in [5.41, 5.74) is 11.0. The summed E-state index contributed by atoms with van der Waals surface area (Å²) in [5.74, 6) is 3.36. The van der Waals surface area contributed by atoms with Crippen molar-refractivity contribution in [3.8, 4) is 11.5 Å². The predicted octanol–water partition coefficient (Wildman–Crippen LogP) is 14.6. The van der Waals surface area contributed by atoms with Gasteiger partial charge in [-0.1, -0.05) is 185 Å². The van der Waals surface area contributed by atoms with Crippen molar-refractivity contribution in [3.05, 3.63) is 251 Å². The molecule has 0 N–H and O–H groups in total. The second kappa shape index (κ2) is 17.1. The lowest BCUT2D eigenvalue weighted by molar-refractivity contribution is 0.448. The molecule has 4 nitrogen and oxygen atoms in total. The van der Waals surface area contributed by atoms with Crippen LogP contribution in [0.3, 0.4) is 0 Å². The molecule has 2 atom stereocenters. The molecule has 7 aromatic carbocycles. The van der Waals surface area contributed by atoms with E-state index in [1.54, 1.807) is 0 Å². The van der Waals surface area contributed by atoms with Gasteiger partial charge in [0, 0.05) is 35.7 Å². The van der Waals surface area contributed by atoms with Crippen molar-refractivity contribution in [2.24, 2.45) is 0 Å². The molecule has 2 heterocycles. The highest BCUT2D eigenvalue weighted by atomic mass is 16.5. The molecule has 2 aliphatic heterocycles. The zero-order valence-corrected chi connectivity index (χ0v) is 37.9. The van der Waals surface area contributed by atoms with Gasteiger partial charge in [-0.3, -0.25) is 0 Å². The van der Waals surface area contributed by atoms with Crippen LogP contribution in [0.15, 0.2) is 218 Å². The van der Waals surface area contributed by atoms with Gasteiger partial charge in [-0.2, -0.15) is 0 Å². The van der Waals surface area contributed by atoms with E-state index in [1.807, 2.05) is 12.2 Å². The third-order valence-corrected chi connectivity index (χ3v) is 13.6. The van der Waals surface area contributed by atoms with Gasteiger partial charge in [0.05, 0.1) is 11.4 Å². The summed E-state index contributed by atoms with van der Waals surface area (Å²) in [7, 11) is 4.10. The lowest BCUT2D eigenvalue weighted by Gasteiger charge is -2.34. The second-order valence-electron chi connectivity index (χ2n) is 17.8. The highest BCUT2D eigenvalue weighted by Crippen LogP contribution is 2.45. The van der Waals surface area contributed by atoms with E-state index in [9.17, 15) is 0 Å². The molecule has 2 unspecified atom stereocenters. The predicted molar refractivity (Wildman–Crippen MR) is 270 cm³/mol. The Balaban J connectivity index is 0.948. The molecule has 0 bridgehead atoms. The summed E-state index contributed by atoms with van der Waals surface area (Å²) in [5, 5.41) is 4.55. The largest absolute Gasteiger partial charge is 0.438 e. The van der Waals surface area contributed by atoms with E-state index in [0.29, 0.717) is 0 Å². The van der Waals surface area contributed by atoms with Crippen molar-refractivity contribution in [2.75, 3.05) is 23.9 Å². The fraction of sp³-hybridized carbons (Fsp3) is 0.167. The summed E-state index contributed by atoms with van der Waals surface area (Å²) < 4.78 is 12.9. The SMILES string of the molecule is C=C(/C=C/C=C1\Oc2c(ccc3ccccc23)N1C)C(C)(Cc1ccc(CC(C)(C(=C)/C=C/C=C2\Oc3c(ccc4ccccc34)N2C)c2ccccc2C)cc1)c1ccccc1C. The summed E-state index contributed by atoms with van der Waals surface area (Å²) in [6, 6.07) is 51.8. The number of rotatable bonds is 12. The van der Waals surface area contributed by atoms with Crippen molar-refractivity contribution in [1.29, 1.82) is 0 Å². The maximum absolute atomic E-state index is 6.45. The molecule has 0 fully saturated rings. The van der Waals surface area contributed by atoms with Gasteiger partial charge in [0.1, 0.15) is 0 Å². The maximum atomic E-state index is 6.45. The van der Waals surface area contributed by atoms with Crippen LogP contribution in [0.5, 0.6) is 11.5 Å². The lowest BCUT2D eigenvalue weighted by Crippen LogP contribution is -2.28. The first-order valence-electron chi connectivity index (χ1n) is 22.2. The summed E-state index contributed by atoms with van der Waals surface area (Å²) >= 11 is 0. The summed E-state index contributed by atoms with van der Waals surface area (Å²) in [6.45, 7) is 18.4. The van der Waals surface area contributed by atoms with Crippen LogP contribution in [-0.2, 0) is 23.7 Å². The standard InChI is InChI=1S/C60H56N2O2/c1-41-19-9-15-27-51(41)59(5,43(3)21-17-29-55-61(7)53-37-35-47-23-11-13-25-49(47)57(53)63-55)39-45-31-33-46(34-32-45)40-60(6,52-28-16-10-20-42(52)2)44(4)22-18-30-56-62(8)54-38-36-48-24-12-14-26-50(48)58(54)64-56/h9-38H,3-4,39-40H2,1-2,5-8H3/b21-17+,22-18+,55-29-,56-30-. The number of ether oxygens (including phenoxy) is 2. The molecule has 0 saturated carbocycles. The molecule has 0 radical (unpaired) electrons. The minimum atomic E-state index is -0.363. The summed E-state index contributed by atoms with van der Waals surface area (Å²) in [4.78, 5) is 4.21. The second-order valence-corrected chi connectivity index (χ2v) is 17.8. The number of benzene rings is 7. The molecule has 0 spiro atoms. The van der Waals surface area contributed by atoms with Crippen LogP contribution in [0.1, 0.15) is 47.2 Å². The van der Waals surface area contributed by atoms with Gasteiger partial charge < -0.3 is 19.3 Å². The van der Waals surface area contributed by atoms with Gasteiger partial charge in [-0.05, 0) is 106 Å². The van der Waals surface area contributed by atoms with Crippen LogP contribution >= 0.6 is 0 Å². The number of anilines is 2. The van der Waals surface area contributed by atoms with E-state index in [4.69, 9.17) is 22.6 Å². The Bertz CT molecular complexity index is 2870.